The third-order valence-electron chi connectivity index (χ3n) is 3.04. The minimum atomic E-state index is -0.446. The summed E-state index contributed by atoms with van der Waals surface area (Å²) in [5.41, 5.74) is 7.24. The molecule has 0 spiro atoms. The van der Waals surface area contributed by atoms with Crippen LogP contribution in [0, 0.1) is 5.82 Å². The molecule has 1 aromatic heterocycles. The van der Waals surface area contributed by atoms with Crippen molar-refractivity contribution in [3.05, 3.63) is 58.3 Å². The molecule has 2 N–H and O–H groups in total. The second-order valence-electron chi connectivity index (χ2n) is 4.49. The van der Waals surface area contributed by atoms with Gasteiger partial charge in [-0.05, 0) is 40.3 Å². The predicted molar refractivity (Wildman–Crippen MR) is 80.9 cm³/mol. The zero-order valence-corrected chi connectivity index (χ0v) is 12.5. The fourth-order valence-corrected chi connectivity index (χ4v) is 2.41. The van der Waals surface area contributed by atoms with Gasteiger partial charge in [-0.1, -0.05) is 34.1 Å². The Morgan fingerprint density at radius 2 is 2.00 bits per heavy atom. The summed E-state index contributed by atoms with van der Waals surface area (Å²) in [6, 6.07) is 12.2. The van der Waals surface area contributed by atoms with E-state index >= 15 is 0 Å². The maximum absolute atomic E-state index is 14.0. The van der Waals surface area contributed by atoms with Gasteiger partial charge in [-0.3, -0.25) is 0 Å². The highest BCUT2D eigenvalue weighted by molar-refractivity contribution is 9.10. The first kappa shape index (κ1) is 13.7. The molecule has 3 aromatic rings. The molecule has 0 fully saturated rings. The Hall–Kier alpha value is -2.28. The van der Waals surface area contributed by atoms with Crippen LogP contribution in [0.5, 0.6) is 0 Å². The Kier molecular flexibility index (Phi) is 3.66. The average molecular weight is 348 g/mol. The van der Waals surface area contributed by atoms with Gasteiger partial charge in [0.2, 0.25) is 0 Å². The van der Waals surface area contributed by atoms with Crippen molar-refractivity contribution in [3.63, 3.8) is 0 Å². The molecule has 3 rings (SSSR count). The van der Waals surface area contributed by atoms with Crippen molar-refractivity contribution in [2.75, 3.05) is 5.73 Å². The van der Waals surface area contributed by atoms with Crippen molar-refractivity contribution in [2.45, 2.75) is 6.54 Å². The fraction of sp³-hybridized carbons (Fsp3) is 0.0714. The molecule has 0 aliphatic heterocycles. The van der Waals surface area contributed by atoms with Gasteiger partial charge in [-0.2, -0.15) is 0 Å². The van der Waals surface area contributed by atoms with E-state index in [1.807, 2.05) is 24.3 Å². The molecule has 21 heavy (non-hydrogen) atoms. The lowest BCUT2D eigenvalue weighted by Crippen LogP contribution is -2.06. The molecule has 1 heterocycles. The highest BCUT2D eigenvalue weighted by atomic mass is 79.9. The van der Waals surface area contributed by atoms with Crippen LogP contribution in [-0.2, 0) is 6.54 Å². The Labute approximate surface area is 128 Å². The molecule has 106 valence electrons. The second-order valence-corrected chi connectivity index (χ2v) is 5.35. The number of nitrogens with zero attached hydrogens (tertiary/aromatic N) is 4. The Bertz CT molecular complexity index is 787. The van der Waals surface area contributed by atoms with Crippen LogP contribution in [0.4, 0.5) is 10.1 Å². The summed E-state index contributed by atoms with van der Waals surface area (Å²) in [5, 5.41) is 11.5. The molecule has 0 radical (unpaired) electrons. The Morgan fingerprint density at radius 3 is 2.76 bits per heavy atom. The lowest BCUT2D eigenvalue weighted by Gasteiger charge is -2.07. The summed E-state index contributed by atoms with van der Waals surface area (Å²) in [7, 11) is 0. The summed E-state index contributed by atoms with van der Waals surface area (Å²) >= 11 is 3.47. The molecular formula is C14H11BrFN5. The molecule has 0 bridgehead atoms. The van der Waals surface area contributed by atoms with Crippen molar-refractivity contribution in [1.82, 2.24) is 20.2 Å². The first-order valence-corrected chi connectivity index (χ1v) is 6.99. The molecule has 0 amide bonds. The number of hydrogen-bond donors (Lipinski definition) is 1. The highest BCUT2D eigenvalue weighted by Crippen LogP contribution is 2.24. The molecule has 0 aliphatic carbocycles. The van der Waals surface area contributed by atoms with E-state index in [2.05, 4.69) is 31.5 Å². The number of halogens is 2. The number of benzene rings is 2. The average Bonchev–Trinajstić information content (AvgIpc) is 2.89. The number of nitrogen functional groups attached to an aromatic ring is 1. The minimum absolute atomic E-state index is 0.321. The number of aromatic nitrogens is 4. The van der Waals surface area contributed by atoms with E-state index in [9.17, 15) is 4.39 Å². The van der Waals surface area contributed by atoms with Crippen molar-refractivity contribution in [1.29, 1.82) is 0 Å². The van der Waals surface area contributed by atoms with Gasteiger partial charge in [-0.25, -0.2) is 9.07 Å². The van der Waals surface area contributed by atoms with E-state index in [4.69, 9.17) is 5.73 Å². The molecule has 2 aromatic carbocycles. The van der Waals surface area contributed by atoms with Crippen LogP contribution in [-0.4, -0.2) is 20.2 Å². The minimum Gasteiger partial charge on any atom is -0.399 e. The van der Waals surface area contributed by atoms with Gasteiger partial charge in [0.25, 0.3) is 0 Å². The van der Waals surface area contributed by atoms with E-state index in [0.29, 0.717) is 23.6 Å². The summed E-state index contributed by atoms with van der Waals surface area (Å²) in [6.45, 7) is 0.438. The first-order chi connectivity index (χ1) is 10.1. The van der Waals surface area contributed by atoms with Crippen LogP contribution in [0.1, 0.15) is 5.56 Å². The van der Waals surface area contributed by atoms with Crippen molar-refractivity contribution in [3.8, 4) is 11.4 Å². The van der Waals surface area contributed by atoms with E-state index in [1.54, 1.807) is 16.8 Å². The van der Waals surface area contributed by atoms with E-state index in [-0.39, 0.29) is 0 Å². The molecule has 0 aliphatic rings. The Balaban J connectivity index is 2.00. The van der Waals surface area contributed by atoms with Crippen molar-refractivity contribution < 1.29 is 4.39 Å². The molecule has 0 saturated carbocycles. The van der Waals surface area contributed by atoms with Gasteiger partial charge in [0.05, 0.1) is 12.1 Å². The van der Waals surface area contributed by atoms with Crippen LogP contribution >= 0.6 is 15.9 Å². The quantitative estimate of drug-likeness (QED) is 0.739. The molecule has 7 heteroatoms. The van der Waals surface area contributed by atoms with Gasteiger partial charge in [-0.15, -0.1) is 5.10 Å². The van der Waals surface area contributed by atoms with Gasteiger partial charge in [0.1, 0.15) is 5.82 Å². The van der Waals surface area contributed by atoms with E-state index in [1.165, 1.54) is 6.07 Å². The van der Waals surface area contributed by atoms with Crippen LogP contribution in [0.2, 0.25) is 0 Å². The third-order valence-corrected chi connectivity index (χ3v) is 3.82. The third kappa shape index (κ3) is 2.78. The summed E-state index contributed by atoms with van der Waals surface area (Å²) < 4.78 is 16.5. The topological polar surface area (TPSA) is 69.6 Å². The molecule has 0 unspecified atom stereocenters. The monoisotopic (exact) mass is 347 g/mol. The normalized spacial score (nSPS) is 10.8. The molecule has 0 saturated heterocycles. The lowest BCUT2D eigenvalue weighted by molar-refractivity contribution is 0.621. The smallest absolute Gasteiger partial charge is 0.185 e. The van der Waals surface area contributed by atoms with Gasteiger partial charge in [0, 0.05) is 10.2 Å². The Morgan fingerprint density at radius 1 is 1.19 bits per heavy atom. The van der Waals surface area contributed by atoms with Crippen LogP contribution < -0.4 is 5.73 Å². The van der Waals surface area contributed by atoms with Crippen LogP contribution in [0.15, 0.2) is 46.9 Å². The second kappa shape index (κ2) is 5.61. The first-order valence-electron chi connectivity index (χ1n) is 6.20. The zero-order valence-electron chi connectivity index (χ0n) is 10.9. The maximum atomic E-state index is 14.0. The fourth-order valence-electron chi connectivity index (χ4n) is 2.00. The standard InChI is InChI=1S/C14H11BrFN5/c15-12-4-2-1-3-9(12)8-21-14(18-19-20-21)11-6-5-10(17)7-13(11)16/h1-7H,8,17H2. The number of rotatable bonds is 3. The van der Waals surface area contributed by atoms with Gasteiger partial charge < -0.3 is 5.73 Å². The number of tetrazole rings is 1. The van der Waals surface area contributed by atoms with Gasteiger partial charge in [0.15, 0.2) is 5.82 Å². The summed E-state index contributed by atoms with van der Waals surface area (Å²) in [4.78, 5) is 0. The number of nitrogens with two attached hydrogens (primary N) is 1. The molecule has 0 atom stereocenters. The van der Waals surface area contributed by atoms with Crippen LogP contribution in [0.25, 0.3) is 11.4 Å². The number of hydrogen-bond acceptors (Lipinski definition) is 4. The lowest BCUT2D eigenvalue weighted by atomic mass is 10.1. The summed E-state index contributed by atoms with van der Waals surface area (Å²) in [6.07, 6.45) is 0. The summed E-state index contributed by atoms with van der Waals surface area (Å²) in [5.74, 6) is -0.0820. The molecule has 5 nitrogen and oxygen atoms in total. The largest absolute Gasteiger partial charge is 0.399 e. The number of anilines is 1. The predicted octanol–water partition coefficient (Wildman–Crippen LogP) is 2.87. The van der Waals surface area contributed by atoms with Crippen molar-refractivity contribution >= 4 is 21.6 Å². The van der Waals surface area contributed by atoms with Crippen molar-refractivity contribution in [2.24, 2.45) is 0 Å². The molecular weight excluding hydrogens is 337 g/mol. The van der Waals surface area contributed by atoms with Crippen LogP contribution in [0.3, 0.4) is 0 Å². The highest BCUT2D eigenvalue weighted by Gasteiger charge is 2.14. The van der Waals surface area contributed by atoms with E-state index < -0.39 is 5.82 Å². The zero-order chi connectivity index (χ0) is 14.8. The SMILES string of the molecule is Nc1ccc(-c2nnnn2Cc2ccccc2Br)c(F)c1. The maximum Gasteiger partial charge on any atom is 0.185 e. The van der Waals surface area contributed by atoms with Gasteiger partial charge >= 0.3 is 0 Å². The van der Waals surface area contributed by atoms with E-state index in [0.717, 1.165) is 10.0 Å².